The fraction of sp³-hybridized carbons (Fsp3) is 0.0385. The number of anilines is 3. The van der Waals surface area contributed by atoms with Gasteiger partial charge in [0.05, 0.1) is 16.2 Å². The number of nitro groups is 1. The quantitative estimate of drug-likeness (QED) is 0.201. The molecule has 0 radical (unpaired) electrons. The molecule has 0 saturated heterocycles. The lowest BCUT2D eigenvalue weighted by atomic mass is 9.99. The summed E-state index contributed by atoms with van der Waals surface area (Å²) < 4.78 is 0. The van der Waals surface area contributed by atoms with Crippen molar-refractivity contribution in [1.82, 2.24) is 9.97 Å². The summed E-state index contributed by atoms with van der Waals surface area (Å²) in [7, 11) is 0. The van der Waals surface area contributed by atoms with Gasteiger partial charge >= 0.3 is 0 Å². The lowest BCUT2D eigenvalue weighted by Gasteiger charge is -2.15. The molecule has 1 aliphatic heterocycles. The average Bonchev–Trinajstić information content (AvgIpc) is 3.22. The smallest absolute Gasteiger partial charge is 0.270 e. The van der Waals surface area contributed by atoms with E-state index in [0.717, 1.165) is 16.8 Å². The lowest BCUT2D eigenvalue weighted by Crippen LogP contribution is -2.10. The number of carbonyl (C=O) groups excluding carboxylic acids is 1. The van der Waals surface area contributed by atoms with Gasteiger partial charge in [0, 0.05) is 48.0 Å². The predicted octanol–water partition coefficient (Wildman–Crippen LogP) is 4.93. The molecular weight excluding hydrogens is 444 g/mol. The number of hydrogen-bond donors (Lipinski definition) is 3. The van der Waals surface area contributed by atoms with Gasteiger partial charge in [0.15, 0.2) is 0 Å². The van der Waals surface area contributed by atoms with Crippen LogP contribution in [0, 0.1) is 10.1 Å². The molecule has 9 nitrogen and oxygen atoms in total. The predicted molar refractivity (Wildman–Crippen MR) is 134 cm³/mol. The summed E-state index contributed by atoms with van der Waals surface area (Å²) in [4.78, 5) is 32.2. The maximum absolute atomic E-state index is 13.0. The van der Waals surface area contributed by atoms with E-state index in [-0.39, 0.29) is 11.6 Å². The van der Waals surface area contributed by atoms with Gasteiger partial charge in [-0.2, -0.15) is 0 Å². The first-order chi connectivity index (χ1) is 17.1. The third-order valence-corrected chi connectivity index (χ3v) is 5.51. The van der Waals surface area contributed by atoms with Gasteiger partial charge in [-0.15, -0.1) is 0 Å². The van der Waals surface area contributed by atoms with Crippen molar-refractivity contribution in [3.05, 3.63) is 118 Å². The first-order valence-electron chi connectivity index (χ1n) is 10.9. The normalized spacial score (nSPS) is 13.5. The van der Waals surface area contributed by atoms with Gasteiger partial charge in [-0.3, -0.25) is 14.9 Å². The monoisotopic (exact) mass is 464 g/mol. The standard InChI is InChI=1S/C26H20N6O3/c33-25-23(21-15-20(32(34)35)11-12-22(21)31-25)24(18-5-2-1-3-6-18)30-19-9-7-17(8-10-19)16-29-26-27-13-4-14-28-26/h1-15,30H,16H2,(H,31,33)(H,27,28,29). The molecule has 172 valence electrons. The Labute approximate surface area is 200 Å². The molecule has 0 fully saturated rings. The molecule has 4 aromatic rings. The van der Waals surface area contributed by atoms with E-state index >= 15 is 0 Å². The molecule has 0 atom stereocenters. The number of non-ortho nitro benzene ring substituents is 1. The van der Waals surface area contributed by atoms with Crippen LogP contribution in [0.15, 0.2) is 91.3 Å². The van der Waals surface area contributed by atoms with E-state index in [9.17, 15) is 14.9 Å². The van der Waals surface area contributed by atoms with Crippen molar-refractivity contribution in [1.29, 1.82) is 0 Å². The van der Waals surface area contributed by atoms with Crippen molar-refractivity contribution in [2.45, 2.75) is 6.54 Å². The molecule has 2 heterocycles. The lowest BCUT2D eigenvalue weighted by molar-refractivity contribution is -0.384. The fourth-order valence-corrected chi connectivity index (χ4v) is 3.82. The Morgan fingerprint density at radius 2 is 1.69 bits per heavy atom. The zero-order valence-corrected chi connectivity index (χ0v) is 18.4. The molecular formula is C26H20N6O3. The van der Waals surface area contributed by atoms with Crippen LogP contribution in [-0.4, -0.2) is 20.8 Å². The highest BCUT2D eigenvalue weighted by Crippen LogP contribution is 2.39. The highest BCUT2D eigenvalue weighted by molar-refractivity contribution is 6.37. The van der Waals surface area contributed by atoms with E-state index in [1.165, 1.54) is 12.1 Å². The van der Waals surface area contributed by atoms with Crippen LogP contribution in [-0.2, 0) is 11.3 Å². The third kappa shape index (κ3) is 4.69. The highest BCUT2D eigenvalue weighted by Gasteiger charge is 2.30. The molecule has 35 heavy (non-hydrogen) atoms. The number of aromatic nitrogens is 2. The maximum Gasteiger partial charge on any atom is 0.270 e. The average molecular weight is 464 g/mol. The molecule has 1 amide bonds. The van der Waals surface area contributed by atoms with Gasteiger partial charge in [-0.1, -0.05) is 42.5 Å². The summed E-state index contributed by atoms with van der Waals surface area (Å²) in [6, 6.07) is 23.3. The van der Waals surface area contributed by atoms with Crippen LogP contribution < -0.4 is 16.0 Å². The Hall–Kier alpha value is -5.05. The summed E-state index contributed by atoms with van der Waals surface area (Å²) in [5.74, 6) is 0.223. The summed E-state index contributed by atoms with van der Waals surface area (Å²) >= 11 is 0. The molecule has 3 N–H and O–H groups in total. The van der Waals surface area contributed by atoms with Crippen LogP contribution in [0.3, 0.4) is 0 Å². The topological polar surface area (TPSA) is 122 Å². The van der Waals surface area contributed by atoms with Gasteiger partial charge in [0.2, 0.25) is 5.95 Å². The van der Waals surface area contributed by atoms with Crippen molar-refractivity contribution < 1.29 is 9.72 Å². The Bertz CT molecular complexity index is 1420. The van der Waals surface area contributed by atoms with Crippen LogP contribution in [0.1, 0.15) is 16.7 Å². The minimum atomic E-state index is -0.469. The molecule has 0 bridgehead atoms. The number of nitrogens with zero attached hydrogens (tertiary/aromatic N) is 3. The highest BCUT2D eigenvalue weighted by atomic mass is 16.6. The van der Waals surface area contributed by atoms with Gasteiger partial charge in [0.25, 0.3) is 11.6 Å². The number of rotatable bonds is 7. The molecule has 9 heteroatoms. The fourth-order valence-electron chi connectivity index (χ4n) is 3.82. The van der Waals surface area contributed by atoms with Crippen molar-refractivity contribution in [3.8, 4) is 0 Å². The zero-order valence-electron chi connectivity index (χ0n) is 18.4. The summed E-state index contributed by atoms with van der Waals surface area (Å²) in [6.45, 7) is 0.552. The number of benzene rings is 3. The first kappa shape index (κ1) is 21.8. The van der Waals surface area contributed by atoms with E-state index in [1.807, 2.05) is 54.6 Å². The number of amides is 1. The summed E-state index contributed by atoms with van der Waals surface area (Å²) in [6.07, 6.45) is 3.35. The molecule has 1 aliphatic rings. The molecule has 0 unspecified atom stereocenters. The van der Waals surface area contributed by atoms with Gasteiger partial charge in [-0.05, 0) is 35.4 Å². The Morgan fingerprint density at radius 3 is 2.40 bits per heavy atom. The first-order valence-corrected chi connectivity index (χ1v) is 10.9. The number of nitro benzene ring substituents is 1. The number of carbonyl (C=O) groups is 1. The van der Waals surface area contributed by atoms with E-state index in [4.69, 9.17) is 0 Å². The second-order valence-electron chi connectivity index (χ2n) is 7.81. The largest absolute Gasteiger partial charge is 0.354 e. The molecule has 0 spiro atoms. The molecule has 0 saturated carbocycles. The van der Waals surface area contributed by atoms with Crippen molar-refractivity contribution in [2.24, 2.45) is 0 Å². The van der Waals surface area contributed by atoms with Gasteiger partial charge < -0.3 is 16.0 Å². The number of hydrogen-bond acceptors (Lipinski definition) is 7. The van der Waals surface area contributed by atoms with E-state index in [0.29, 0.717) is 35.0 Å². The minimum absolute atomic E-state index is 0.0792. The molecule has 3 aromatic carbocycles. The SMILES string of the molecule is O=C1Nc2ccc([N+](=O)[O-])cc2C1=C(Nc1ccc(CNc2ncccn2)cc1)c1ccccc1. The van der Waals surface area contributed by atoms with Crippen molar-refractivity contribution in [3.63, 3.8) is 0 Å². The second kappa shape index (κ2) is 9.44. The third-order valence-electron chi connectivity index (χ3n) is 5.51. The van der Waals surface area contributed by atoms with Crippen LogP contribution in [0.5, 0.6) is 0 Å². The number of fused-ring (bicyclic) bond motifs is 1. The van der Waals surface area contributed by atoms with Gasteiger partial charge in [-0.25, -0.2) is 9.97 Å². The van der Waals surface area contributed by atoms with Crippen LogP contribution in [0.2, 0.25) is 0 Å². The van der Waals surface area contributed by atoms with E-state index < -0.39 is 4.92 Å². The molecule has 0 aliphatic carbocycles. The van der Waals surface area contributed by atoms with Crippen LogP contribution >= 0.6 is 0 Å². The van der Waals surface area contributed by atoms with Crippen molar-refractivity contribution in [2.75, 3.05) is 16.0 Å². The second-order valence-corrected chi connectivity index (χ2v) is 7.81. The summed E-state index contributed by atoms with van der Waals surface area (Å²) in [5, 5.41) is 20.7. The number of nitrogens with one attached hydrogen (secondary N) is 3. The minimum Gasteiger partial charge on any atom is -0.354 e. The Balaban J connectivity index is 1.48. The van der Waals surface area contributed by atoms with E-state index in [2.05, 4.69) is 25.9 Å². The van der Waals surface area contributed by atoms with Crippen LogP contribution in [0.4, 0.5) is 23.0 Å². The summed E-state index contributed by atoms with van der Waals surface area (Å²) in [5.41, 5.74) is 4.43. The van der Waals surface area contributed by atoms with E-state index in [1.54, 1.807) is 24.5 Å². The van der Waals surface area contributed by atoms with Crippen LogP contribution in [0.25, 0.3) is 11.3 Å². The molecule has 1 aromatic heterocycles. The Morgan fingerprint density at radius 1 is 0.943 bits per heavy atom. The maximum atomic E-state index is 13.0. The Kier molecular flexibility index (Phi) is 5.87. The van der Waals surface area contributed by atoms with Crippen molar-refractivity contribution >= 4 is 40.2 Å². The van der Waals surface area contributed by atoms with Gasteiger partial charge in [0.1, 0.15) is 0 Å². The molecule has 5 rings (SSSR count). The zero-order chi connectivity index (χ0) is 24.2.